The Morgan fingerprint density at radius 3 is 2.67 bits per heavy atom. The largest absolute Gasteiger partial charge is 0.418 e. The number of pyridine rings is 1. The van der Waals surface area contributed by atoms with Crippen molar-refractivity contribution >= 4 is 28.3 Å². The minimum atomic E-state index is -4.54. The van der Waals surface area contributed by atoms with E-state index in [0.29, 0.717) is 22.6 Å². The molecule has 27 heavy (non-hydrogen) atoms. The second-order valence-corrected chi connectivity index (χ2v) is 7.33. The lowest BCUT2D eigenvalue weighted by molar-refractivity contribution is -0.137. The fourth-order valence-electron chi connectivity index (χ4n) is 3.03. The highest BCUT2D eigenvalue weighted by Crippen LogP contribution is 2.43. The van der Waals surface area contributed by atoms with Gasteiger partial charge in [0.05, 0.1) is 33.5 Å². The summed E-state index contributed by atoms with van der Waals surface area (Å²) in [4.78, 5) is 6.68. The summed E-state index contributed by atoms with van der Waals surface area (Å²) in [6, 6.07) is 10.5. The number of nitrogens with zero attached hydrogens (tertiary/aromatic N) is 1. The Balaban J connectivity index is 1.92. The Bertz CT molecular complexity index is 1040. The molecule has 4 nitrogen and oxygen atoms in total. The Labute approximate surface area is 155 Å². The van der Waals surface area contributed by atoms with Crippen LogP contribution in [0.4, 0.5) is 24.5 Å². The zero-order chi connectivity index (χ0) is 19.0. The first-order chi connectivity index (χ1) is 12.9. The first kappa shape index (κ1) is 17.5. The number of aromatic amines is 1. The van der Waals surface area contributed by atoms with Crippen LogP contribution in [0.15, 0.2) is 54.2 Å². The van der Waals surface area contributed by atoms with Crippen LogP contribution in [0.25, 0.3) is 17.3 Å². The maximum Gasteiger partial charge on any atom is 0.418 e. The average molecular weight is 389 g/mol. The molecule has 0 spiro atoms. The molecule has 1 aromatic carbocycles. The van der Waals surface area contributed by atoms with Crippen molar-refractivity contribution in [3.8, 4) is 11.3 Å². The molecule has 3 heterocycles. The standard InChI is InChI=1S/C19H14F3N3OS/c20-19(21,22)15-10-23-8-6-13(15)17-18(24-12-4-2-1-3-5-12)14-7-9-27(26)11-16(14)25-17/h1-10,24-25H,11H2. The third-order valence-electron chi connectivity index (χ3n) is 4.23. The average Bonchev–Trinajstić information content (AvgIpc) is 2.99. The highest BCUT2D eigenvalue weighted by molar-refractivity contribution is 7.87. The first-order valence-electron chi connectivity index (χ1n) is 8.07. The van der Waals surface area contributed by atoms with Crippen LogP contribution in [0.3, 0.4) is 0 Å². The van der Waals surface area contributed by atoms with Crippen LogP contribution in [0.5, 0.6) is 0 Å². The van der Waals surface area contributed by atoms with Crippen molar-refractivity contribution < 1.29 is 17.4 Å². The van der Waals surface area contributed by atoms with Gasteiger partial charge in [-0.25, -0.2) is 0 Å². The number of nitrogens with one attached hydrogen (secondary N) is 2. The highest BCUT2D eigenvalue weighted by Gasteiger charge is 2.35. The fraction of sp³-hybridized carbons (Fsp3) is 0.105. The van der Waals surface area contributed by atoms with E-state index in [1.807, 2.05) is 30.3 Å². The van der Waals surface area contributed by atoms with E-state index in [1.54, 1.807) is 11.5 Å². The summed E-state index contributed by atoms with van der Waals surface area (Å²) in [5, 5.41) is 4.75. The number of hydrogen-bond donors (Lipinski definition) is 2. The van der Waals surface area contributed by atoms with Crippen molar-refractivity contribution in [3.05, 3.63) is 71.0 Å². The molecule has 0 aliphatic carbocycles. The molecule has 2 N–H and O–H groups in total. The number of fused-ring (bicyclic) bond motifs is 1. The molecule has 138 valence electrons. The quantitative estimate of drug-likeness (QED) is 0.657. The Morgan fingerprint density at radius 2 is 1.93 bits per heavy atom. The van der Waals surface area contributed by atoms with Crippen LogP contribution in [0.2, 0.25) is 0 Å². The Kier molecular flexibility index (Phi) is 4.35. The summed E-state index contributed by atoms with van der Waals surface area (Å²) in [7, 11) is -1.20. The molecule has 1 aliphatic heterocycles. The molecule has 0 fully saturated rings. The number of para-hydroxylation sites is 1. The summed E-state index contributed by atoms with van der Waals surface area (Å²) < 4.78 is 52.4. The number of benzene rings is 1. The molecule has 4 rings (SSSR count). The molecule has 0 bridgehead atoms. The lowest BCUT2D eigenvalue weighted by atomic mass is 10.0. The molecule has 0 saturated carbocycles. The molecule has 0 amide bonds. The topological polar surface area (TPSA) is 57.8 Å². The van der Waals surface area contributed by atoms with Gasteiger partial charge in [0.15, 0.2) is 0 Å². The summed E-state index contributed by atoms with van der Waals surface area (Å²) in [5.41, 5.74) is 2.05. The zero-order valence-corrected chi connectivity index (χ0v) is 14.7. The van der Waals surface area contributed by atoms with Crippen LogP contribution in [-0.4, -0.2) is 14.2 Å². The van der Waals surface area contributed by atoms with Gasteiger partial charge >= 0.3 is 6.18 Å². The van der Waals surface area contributed by atoms with Crippen molar-refractivity contribution in [1.82, 2.24) is 9.97 Å². The van der Waals surface area contributed by atoms with Crippen molar-refractivity contribution in [2.24, 2.45) is 0 Å². The smallest absolute Gasteiger partial charge is 0.355 e. The van der Waals surface area contributed by atoms with Gasteiger partial charge < -0.3 is 10.3 Å². The van der Waals surface area contributed by atoms with Gasteiger partial charge in [-0.3, -0.25) is 9.19 Å². The van der Waals surface area contributed by atoms with Crippen molar-refractivity contribution in [2.45, 2.75) is 11.9 Å². The van der Waals surface area contributed by atoms with E-state index in [1.165, 1.54) is 12.3 Å². The lowest BCUT2D eigenvalue weighted by Gasteiger charge is -2.14. The van der Waals surface area contributed by atoms with Crippen LogP contribution < -0.4 is 5.32 Å². The molecule has 0 radical (unpaired) electrons. The van der Waals surface area contributed by atoms with Gasteiger partial charge in [0.25, 0.3) is 0 Å². The minimum Gasteiger partial charge on any atom is -0.355 e. The van der Waals surface area contributed by atoms with E-state index in [2.05, 4.69) is 15.3 Å². The minimum absolute atomic E-state index is 0.00971. The number of alkyl halides is 3. The number of rotatable bonds is 3. The van der Waals surface area contributed by atoms with E-state index in [-0.39, 0.29) is 11.3 Å². The summed E-state index contributed by atoms with van der Waals surface area (Å²) in [6.07, 6.45) is -0.729. The molecule has 0 saturated heterocycles. The van der Waals surface area contributed by atoms with Gasteiger partial charge in [0.2, 0.25) is 0 Å². The summed E-state index contributed by atoms with van der Waals surface area (Å²) in [6.45, 7) is 0. The zero-order valence-electron chi connectivity index (χ0n) is 13.9. The predicted molar refractivity (Wildman–Crippen MR) is 99.6 cm³/mol. The lowest BCUT2D eigenvalue weighted by Crippen LogP contribution is -2.08. The van der Waals surface area contributed by atoms with Gasteiger partial charge in [0, 0.05) is 40.3 Å². The number of anilines is 2. The van der Waals surface area contributed by atoms with Gasteiger partial charge in [-0.2, -0.15) is 13.2 Å². The first-order valence-corrected chi connectivity index (χ1v) is 9.45. The molecule has 2 aromatic heterocycles. The maximum absolute atomic E-state index is 13.5. The van der Waals surface area contributed by atoms with E-state index in [9.17, 15) is 17.4 Å². The molecule has 3 aromatic rings. The van der Waals surface area contributed by atoms with Crippen molar-refractivity contribution in [3.63, 3.8) is 0 Å². The number of halogens is 3. The fourth-order valence-corrected chi connectivity index (χ4v) is 3.93. The van der Waals surface area contributed by atoms with Crippen LogP contribution >= 0.6 is 0 Å². The normalized spacial score (nSPS) is 16.2. The monoisotopic (exact) mass is 389 g/mol. The van der Waals surface area contributed by atoms with Gasteiger partial charge in [-0.1, -0.05) is 18.2 Å². The molecule has 1 atom stereocenters. The number of hydrogen-bond acceptors (Lipinski definition) is 3. The van der Waals surface area contributed by atoms with Gasteiger partial charge in [0.1, 0.15) is 0 Å². The van der Waals surface area contributed by atoms with E-state index < -0.39 is 22.5 Å². The van der Waals surface area contributed by atoms with Crippen molar-refractivity contribution in [2.75, 3.05) is 5.32 Å². The van der Waals surface area contributed by atoms with Gasteiger partial charge in [-0.15, -0.1) is 0 Å². The van der Waals surface area contributed by atoms with Crippen molar-refractivity contribution in [1.29, 1.82) is 0 Å². The molecular formula is C19H14F3N3OS. The molecule has 8 heteroatoms. The maximum atomic E-state index is 13.5. The predicted octanol–water partition coefficient (Wildman–Crippen LogP) is 5.07. The Hall–Kier alpha value is -2.87. The number of H-pyrrole nitrogens is 1. The van der Waals surface area contributed by atoms with Crippen LogP contribution in [0.1, 0.15) is 16.8 Å². The second kappa shape index (κ2) is 6.70. The Morgan fingerprint density at radius 1 is 1.15 bits per heavy atom. The summed E-state index contributed by atoms with van der Waals surface area (Å²) >= 11 is 0. The third-order valence-corrected chi connectivity index (χ3v) is 5.25. The summed E-state index contributed by atoms with van der Waals surface area (Å²) in [5.74, 6) is 0.224. The molecule has 1 unspecified atom stereocenters. The van der Waals surface area contributed by atoms with Gasteiger partial charge in [-0.05, 0) is 24.3 Å². The SMILES string of the molecule is O=S1C=Cc2c([nH]c(-c3ccncc3C(F)(F)F)c2Nc2ccccc2)C1. The second-order valence-electron chi connectivity index (χ2n) is 6.01. The molecular weight excluding hydrogens is 375 g/mol. The van der Waals surface area contributed by atoms with E-state index in [0.717, 1.165) is 11.9 Å². The third kappa shape index (κ3) is 3.40. The van der Waals surface area contributed by atoms with Crippen LogP contribution in [-0.2, 0) is 22.7 Å². The van der Waals surface area contributed by atoms with Crippen LogP contribution in [0, 0.1) is 0 Å². The number of aromatic nitrogens is 2. The van der Waals surface area contributed by atoms with E-state index >= 15 is 0 Å². The van der Waals surface area contributed by atoms with E-state index in [4.69, 9.17) is 0 Å². The highest BCUT2D eigenvalue weighted by atomic mass is 32.2. The molecule has 1 aliphatic rings.